The van der Waals surface area contributed by atoms with Gasteiger partial charge < -0.3 is 27.1 Å². The fourth-order valence-electron chi connectivity index (χ4n) is 5.55. The van der Waals surface area contributed by atoms with Gasteiger partial charge in [-0.3, -0.25) is 0 Å². The molecular weight excluding hydrogens is 602 g/mol. The molecule has 2 heterocycles. The molecule has 2 saturated heterocycles. The molecule has 0 unspecified atom stereocenters. The predicted octanol–water partition coefficient (Wildman–Crippen LogP) is 11.0. The summed E-state index contributed by atoms with van der Waals surface area (Å²) in [5.41, 5.74) is 6.60. The van der Waals surface area contributed by atoms with Crippen LogP contribution >= 0.6 is 17.2 Å². The first-order valence-corrected chi connectivity index (χ1v) is 18.7. The number of benzene rings is 2. The maximum atomic E-state index is 6.63. The number of hydrogen-bond donors (Lipinski definition) is 0. The van der Waals surface area contributed by atoms with E-state index in [1.165, 1.54) is 33.4 Å². The highest BCUT2D eigenvalue weighted by atomic mass is 31.2. The zero-order valence-electron chi connectivity index (χ0n) is 30.4. The van der Waals surface area contributed by atoms with Gasteiger partial charge in [0.25, 0.3) is 0 Å². The van der Waals surface area contributed by atoms with E-state index in [1.54, 1.807) is 0 Å². The molecule has 0 N–H and O–H groups in total. The van der Waals surface area contributed by atoms with Crippen molar-refractivity contribution in [3.05, 3.63) is 57.6 Å². The van der Waals surface area contributed by atoms with Crippen molar-refractivity contribution >= 4 is 17.2 Å². The minimum absolute atomic E-state index is 0.0916. The molecule has 1 spiro atoms. The zero-order valence-corrected chi connectivity index (χ0v) is 32.2. The lowest BCUT2D eigenvalue weighted by Gasteiger charge is -2.42. The van der Waals surface area contributed by atoms with Crippen LogP contribution in [0.15, 0.2) is 24.3 Å². The Kier molecular flexibility index (Phi) is 10.8. The Labute approximate surface area is 276 Å². The lowest BCUT2D eigenvalue weighted by molar-refractivity contribution is -0.0674. The molecule has 2 fully saturated rings. The minimum Gasteiger partial charge on any atom is -0.426 e. The Morgan fingerprint density at radius 1 is 0.511 bits per heavy atom. The van der Waals surface area contributed by atoms with Gasteiger partial charge in [-0.05, 0) is 45.6 Å². The molecule has 0 radical (unpaired) electrons. The van der Waals surface area contributed by atoms with E-state index < -0.39 is 22.6 Å². The first kappa shape index (κ1) is 36.6. The summed E-state index contributed by atoms with van der Waals surface area (Å²) in [6, 6.07) is 9.12. The molecular formula is C37H58O6P2. The second-order valence-corrected chi connectivity index (χ2v) is 19.3. The van der Waals surface area contributed by atoms with Crippen LogP contribution in [-0.4, -0.2) is 26.4 Å². The van der Waals surface area contributed by atoms with Crippen LogP contribution in [0, 0.1) is 5.41 Å². The monoisotopic (exact) mass is 660 g/mol. The van der Waals surface area contributed by atoms with Crippen LogP contribution in [0.25, 0.3) is 0 Å². The molecule has 0 saturated carbocycles. The van der Waals surface area contributed by atoms with Crippen LogP contribution in [0.1, 0.15) is 130 Å². The molecule has 0 aliphatic carbocycles. The van der Waals surface area contributed by atoms with Gasteiger partial charge in [0.15, 0.2) is 0 Å². The Hall–Kier alpha value is -1.26. The number of rotatable bonds is 6. The first-order valence-electron chi connectivity index (χ1n) is 16.5. The van der Waals surface area contributed by atoms with Crippen molar-refractivity contribution in [3.63, 3.8) is 0 Å². The van der Waals surface area contributed by atoms with Gasteiger partial charge in [-0.1, -0.05) is 121 Å². The van der Waals surface area contributed by atoms with Gasteiger partial charge in [0.2, 0.25) is 0 Å². The predicted molar refractivity (Wildman–Crippen MR) is 188 cm³/mol. The summed E-state index contributed by atoms with van der Waals surface area (Å²) < 4.78 is 38.5. The van der Waals surface area contributed by atoms with Crippen LogP contribution < -0.4 is 9.05 Å². The van der Waals surface area contributed by atoms with Gasteiger partial charge in [-0.15, -0.1) is 0 Å². The molecule has 0 amide bonds. The fraction of sp³-hybridized carbons (Fsp3) is 0.676. The Bertz CT molecular complexity index is 1150. The molecule has 2 aromatic rings. The largest absolute Gasteiger partial charge is 0.426 e. The van der Waals surface area contributed by atoms with E-state index in [9.17, 15) is 0 Å². The average molecular weight is 661 g/mol. The average Bonchev–Trinajstić information content (AvgIpc) is 2.93. The van der Waals surface area contributed by atoms with Crippen LogP contribution in [0.4, 0.5) is 0 Å². The third kappa shape index (κ3) is 8.62. The highest BCUT2D eigenvalue weighted by Crippen LogP contribution is 2.56. The van der Waals surface area contributed by atoms with E-state index in [4.69, 9.17) is 27.1 Å². The van der Waals surface area contributed by atoms with Gasteiger partial charge >= 0.3 is 17.2 Å². The van der Waals surface area contributed by atoms with Crippen molar-refractivity contribution in [2.45, 2.75) is 131 Å². The molecule has 0 aromatic heterocycles. The summed E-state index contributed by atoms with van der Waals surface area (Å²) in [5.74, 6) is 1.78. The maximum absolute atomic E-state index is 6.63. The molecule has 2 aliphatic heterocycles. The molecule has 45 heavy (non-hydrogen) atoms. The SMILES string of the molecule is CCc1cc(C(C)(C)C)c(OP2OCC3(CO2)COP(Oc2c(C(C)(C)C)cc(CC)cc2C(C)(C)C)OC3)c(C(C)(C)C)c1. The van der Waals surface area contributed by atoms with E-state index in [0.717, 1.165) is 24.3 Å². The van der Waals surface area contributed by atoms with E-state index in [1.807, 2.05) is 0 Å². The summed E-state index contributed by atoms with van der Waals surface area (Å²) in [5, 5.41) is 0. The van der Waals surface area contributed by atoms with Crippen LogP contribution in [-0.2, 0) is 52.6 Å². The highest BCUT2D eigenvalue weighted by molar-refractivity contribution is 7.42. The second kappa shape index (κ2) is 13.3. The second-order valence-electron chi connectivity index (χ2n) is 17.0. The van der Waals surface area contributed by atoms with Gasteiger partial charge in [0.05, 0.1) is 31.8 Å². The topological polar surface area (TPSA) is 55.4 Å². The molecule has 252 valence electrons. The van der Waals surface area contributed by atoms with Crippen molar-refractivity contribution in [1.29, 1.82) is 0 Å². The molecule has 4 rings (SSSR count). The van der Waals surface area contributed by atoms with E-state index in [-0.39, 0.29) is 21.7 Å². The van der Waals surface area contributed by atoms with Crippen molar-refractivity contribution in [2.75, 3.05) is 26.4 Å². The van der Waals surface area contributed by atoms with E-state index in [0.29, 0.717) is 26.4 Å². The Morgan fingerprint density at radius 3 is 0.956 bits per heavy atom. The summed E-state index contributed by atoms with van der Waals surface area (Å²) in [7, 11) is -3.13. The molecule has 2 aromatic carbocycles. The third-order valence-electron chi connectivity index (χ3n) is 8.58. The molecule has 0 atom stereocenters. The van der Waals surface area contributed by atoms with Gasteiger partial charge in [0.1, 0.15) is 11.5 Å². The quantitative estimate of drug-likeness (QED) is 0.288. The Morgan fingerprint density at radius 2 is 0.756 bits per heavy atom. The lowest BCUT2D eigenvalue weighted by atomic mass is 9.78. The maximum Gasteiger partial charge on any atom is 0.397 e. The summed E-state index contributed by atoms with van der Waals surface area (Å²) in [6.07, 6.45) is 1.95. The molecule has 8 heteroatoms. The molecule has 0 bridgehead atoms. The first-order chi connectivity index (χ1) is 20.7. The van der Waals surface area contributed by atoms with Crippen molar-refractivity contribution < 1.29 is 27.1 Å². The van der Waals surface area contributed by atoms with Gasteiger partial charge in [0, 0.05) is 22.3 Å². The smallest absolute Gasteiger partial charge is 0.397 e. The normalized spacial score (nSPS) is 23.3. The van der Waals surface area contributed by atoms with Crippen molar-refractivity contribution in [2.24, 2.45) is 5.41 Å². The van der Waals surface area contributed by atoms with Gasteiger partial charge in [-0.25, -0.2) is 0 Å². The number of hydrogen-bond acceptors (Lipinski definition) is 6. The van der Waals surface area contributed by atoms with Crippen molar-refractivity contribution in [1.82, 2.24) is 0 Å². The molecule has 6 nitrogen and oxygen atoms in total. The Balaban J connectivity index is 1.48. The highest BCUT2D eigenvalue weighted by Gasteiger charge is 2.46. The summed E-state index contributed by atoms with van der Waals surface area (Å²) in [6.45, 7) is 32.9. The zero-order chi connectivity index (χ0) is 33.6. The summed E-state index contributed by atoms with van der Waals surface area (Å²) >= 11 is 0. The fourth-order valence-corrected chi connectivity index (χ4v) is 8.12. The molecule has 2 aliphatic rings. The summed E-state index contributed by atoms with van der Waals surface area (Å²) in [4.78, 5) is 0. The standard InChI is InChI=1S/C37H58O6P2/c1-15-25-17-27(33(3,4)5)31(28(18-25)34(6,7)8)42-44-38-21-37(22-39-44)23-40-45(41-24-37)43-32-29(35(9,10)11)19-26(16-2)20-30(32)36(12,13)14/h17-20H,15-16,21-24H2,1-14H3. The van der Waals surface area contributed by atoms with Crippen molar-refractivity contribution in [3.8, 4) is 11.5 Å². The van der Waals surface area contributed by atoms with E-state index in [2.05, 4.69) is 121 Å². The van der Waals surface area contributed by atoms with E-state index >= 15 is 0 Å². The third-order valence-corrected chi connectivity index (χ3v) is 10.6. The number of aryl methyl sites for hydroxylation is 2. The van der Waals surface area contributed by atoms with Crippen LogP contribution in [0.5, 0.6) is 11.5 Å². The van der Waals surface area contributed by atoms with Crippen LogP contribution in [0.3, 0.4) is 0 Å². The van der Waals surface area contributed by atoms with Gasteiger partial charge in [-0.2, -0.15) is 0 Å². The lowest BCUT2D eigenvalue weighted by Crippen LogP contribution is -2.45. The minimum atomic E-state index is -1.57. The van der Waals surface area contributed by atoms with Crippen LogP contribution in [0.2, 0.25) is 0 Å².